The van der Waals surface area contributed by atoms with Crippen molar-refractivity contribution in [1.82, 2.24) is 10.3 Å². The van der Waals surface area contributed by atoms with Gasteiger partial charge in [0, 0.05) is 6.54 Å². The van der Waals surface area contributed by atoms with Crippen LogP contribution in [0.1, 0.15) is 39.3 Å². The van der Waals surface area contributed by atoms with E-state index in [1.807, 2.05) is 0 Å². The van der Waals surface area contributed by atoms with Gasteiger partial charge in [-0.3, -0.25) is 0 Å². The van der Waals surface area contributed by atoms with Crippen molar-refractivity contribution in [3.63, 3.8) is 0 Å². The zero-order valence-electron chi connectivity index (χ0n) is 10.5. The van der Waals surface area contributed by atoms with Crippen LogP contribution in [-0.2, 0) is 6.54 Å². The molecule has 0 aromatic carbocycles. The fourth-order valence-electron chi connectivity index (χ4n) is 1.23. The van der Waals surface area contributed by atoms with Gasteiger partial charge in [-0.2, -0.15) is 4.98 Å². The SMILES string of the molecule is CCCCOc1nc(CNCC(C)C)co1. The molecular formula is C12H22N2O2. The van der Waals surface area contributed by atoms with Crippen molar-refractivity contribution in [2.24, 2.45) is 5.92 Å². The van der Waals surface area contributed by atoms with Gasteiger partial charge in [0.1, 0.15) is 6.26 Å². The third-order valence-electron chi connectivity index (χ3n) is 2.11. The van der Waals surface area contributed by atoms with Crippen LogP contribution >= 0.6 is 0 Å². The first-order valence-corrected chi connectivity index (χ1v) is 6.00. The van der Waals surface area contributed by atoms with Crippen LogP contribution in [0.3, 0.4) is 0 Å². The molecule has 0 unspecified atom stereocenters. The van der Waals surface area contributed by atoms with E-state index in [9.17, 15) is 0 Å². The lowest BCUT2D eigenvalue weighted by atomic mass is 10.2. The molecule has 4 heteroatoms. The topological polar surface area (TPSA) is 47.3 Å². The summed E-state index contributed by atoms with van der Waals surface area (Å²) in [7, 11) is 0. The monoisotopic (exact) mass is 226 g/mol. The first-order valence-electron chi connectivity index (χ1n) is 6.00. The zero-order chi connectivity index (χ0) is 11.8. The standard InChI is InChI=1S/C12H22N2O2/c1-4-5-6-15-12-14-11(9-16-12)8-13-7-10(2)3/h9-10,13H,4-8H2,1-3H3. The van der Waals surface area contributed by atoms with Gasteiger partial charge in [0.25, 0.3) is 0 Å². The molecule has 0 saturated carbocycles. The Balaban J connectivity index is 2.22. The molecule has 0 bridgehead atoms. The predicted octanol–water partition coefficient (Wildman–Crippen LogP) is 2.60. The van der Waals surface area contributed by atoms with Gasteiger partial charge < -0.3 is 14.5 Å². The van der Waals surface area contributed by atoms with Gasteiger partial charge in [-0.1, -0.05) is 27.2 Å². The maximum atomic E-state index is 5.35. The summed E-state index contributed by atoms with van der Waals surface area (Å²) >= 11 is 0. The number of aromatic nitrogens is 1. The van der Waals surface area contributed by atoms with E-state index in [2.05, 4.69) is 31.1 Å². The molecule has 92 valence electrons. The summed E-state index contributed by atoms with van der Waals surface area (Å²) in [6.45, 7) is 8.87. The van der Waals surface area contributed by atoms with Crippen LogP contribution in [0, 0.1) is 5.92 Å². The number of oxazole rings is 1. The maximum Gasteiger partial charge on any atom is 0.393 e. The molecule has 16 heavy (non-hydrogen) atoms. The van der Waals surface area contributed by atoms with Crippen LogP contribution in [0.4, 0.5) is 0 Å². The normalized spacial score (nSPS) is 11.0. The smallest absolute Gasteiger partial charge is 0.393 e. The number of nitrogens with zero attached hydrogens (tertiary/aromatic N) is 1. The van der Waals surface area contributed by atoms with Crippen molar-refractivity contribution in [2.45, 2.75) is 40.2 Å². The van der Waals surface area contributed by atoms with Crippen LogP contribution in [0.2, 0.25) is 0 Å². The Morgan fingerprint density at radius 3 is 3.00 bits per heavy atom. The first-order chi connectivity index (χ1) is 7.72. The summed E-state index contributed by atoms with van der Waals surface area (Å²) in [6.07, 6.45) is 4.18. The van der Waals surface area contributed by atoms with Gasteiger partial charge in [-0.05, 0) is 18.9 Å². The van der Waals surface area contributed by atoms with Crippen LogP contribution in [0.25, 0.3) is 0 Å². The molecule has 4 nitrogen and oxygen atoms in total. The van der Waals surface area contributed by atoms with Crippen molar-refractivity contribution < 1.29 is 9.15 Å². The lowest BCUT2D eigenvalue weighted by molar-refractivity contribution is 0.226. The molecule has 0 radical (unpaired) electrons. The molecule has 0 spiro atoms. The van der Waals surface area contributed by atoms with Gasteiger partial charge >= 0.3 is 6.08 Å². The number of nitrogens with one attached hydrogen (secondary N) is 1. The summed E-state index contributed by atoms with van der Waals surface area (Å²) < 4.78 is 10.5. The molecule has 0 fully saturated rings. The fourth-order valence-corrected chi connectivity index (χ4v) is 1.23. The van der Waals surface area contributed by atoms with E-state index in [-0.39, 0.29) is 0 Å². The second-order valence-corrected chi connectivity index (χ2v) is 4.33. The number of rotatable bonds is 8. The number of hydrogen-bond acceptors (Lipinski definition) is 4. The average Bonchev–Trinajstić information content (AvgIpc) is 2.66. The quantitative estimate of drug-likeness (QED) is 0.692. The van der Waals surface area contributed by atoms with E-state index < -0.39 is 0 Å². The Kier molecular flexibility index (Phi) is 5.93. The highest BCUT2D eigenvalue weighted by atomic mass is 16.6. The molecule has 1 N–H and O–H groups in total. The molecular weight excluding hydrogens is 204 g/mol. The van der Waals surface area contributed by atoms with Gasteiger partial charge in [0.15, 0.2) is 0 Å². The Labute approximate surface area is 97.4 Å². The third-order valence-corrected chi connectivity index (χ3v) is 2.11. The van der Waals surface area contributed by atoms with E-state index >= 15 is 0 Å². The molecule has 1 heterocycles. The maximum absolute atomic E-state index is 5.35. The van der Waals surface area contributed by atoms with Gasteiger partial charge in [-0.15, -0.1) is 0 Å². The summed E-state index contributed by atoms with van der Waals surface area (Å²) in [6, 6.07) is 0. The lowest BCUT2D eigenvalue weighted by Gasteiger charge is -2.04. The average molecular weight is 226 g/mol. The van der Waals surface area contributed by atoms with E-state index in [4.69, 9.17) is 9.15 Å². The van der Waals surface area contributed by atoms with Crippen molar-refractivity contribution in [2.75, 3.05) is 13.2 Å². The van der Waals surface area contributed by atoms with Crippen LogP contribution in [0.15, 0.2) is 10.7 Å². The molecule has 1 aromatic rings. The predicted molar refractivity (Wildman–Crippen MR) is 63.5 cm³/mol. The zero-order valence-corrected chi connectivity index (χ0v) is 10.5. The van der Waals surface area contributed by atoms with E-state index in [0.29, 0.717) is 18.6 Å². The minimum absolute atomic E-state index is 0.384. The summed E-state index contributed by atoms with van der Waals surface area (Å²) in [5.41, 5.74) is 0.896. The first kappa shape index (κ1) is 13.0. The summed E-state index contributed by atoms with van der Waals surface area (Å²) in [5, 5.41) is 3.30. The van der Waals surface area contributed by atoms with E-state index in [0.717, 1.165) is 31.6 Å². The number of unbranched alkanes of at least 4 members (excludes halogenated alkanes) is 1. The Morgan fingerprint density at radius 2 is 2.31 bits per heavy atom. The molecule has 0 aliphatic rings. The van der Waals surface area contributed by atoms with Crippen LogP contribution < -0.4 is 10.1 Å². The highest BCUT2D eigenvalue weighted by molar-refractivity contribution is 4.99. The second-order valence-electron chi connectivity index (χ2n) is 4.33. The lowest BCUT2D eigenvalue weighted by Crippen LogP contribution is -2.19. The highest BCUT2D eigenvalue weighted by Crippen LogP contribution is 2.10. The molecule has 0 atom stereocenters. The number of hydrogen-bond donors (Lipinski definition) is 1. The minimum atomic E-state index is 0.384. The van der Waals surface area contributed by atoms with Crippen molar-refractivity contribution in [3.05, 3.63) is 12.0 Å². The van der Waals surface area contributed by atoms with E-state index in [1.165, 1.54) is 0 Å². The highest BCUT2D eigenvalue weighted by Gasteiger charge is 2.04. The number of ether oxygens (including phenoxy) is 1. The van der Waals surface area contributed by atoms with Crippen molar-refractivity contribution >= 4 is 0 Å². The Hall–Kier alpha value is -1.03. The molecule has 0 amide bonds. The van der Waals surface area contributed by atoms with Gasteiger partial charge in [0.2, 0.25) is 0 Å². The Morgan fingerprint density at radius 1 is 1.50 bits per heavy atom. The molecule has 0 saturated heterocycles. The largest absolute Gasteiger partial charge is 0.450 e. The molecule has 1 aromatic heterocycles. The minimum Gasteiger partial charge on any atom is -0.450 e. The molecule has 1 rings (SSSR count). The molecule has 0 aliphatic carbocycles. The summed E-state index contributed by atoms with van der Waals surface area (Å²) in [5.74, 6) is 0.646. The third kappa shape index (κ3) is 5.16. The van der Waals surface area contributed by atoms with Crippen molar-refractivity contribution in [3.8, 4) is 6.08 Å². The second kappa shape index (κ2) is 7.28. The Bertz CT molecular complexity index is 284. The fraction of sp³-hybridized carbons (Fsp3) is 0.750. The molecule has 0 aliphatic heterocycles. The summed E-state index contributed by atoms with van der Waals surface area (Å²) in [4.78, 5) is 4.23. The van der Waals surface area contributed by atoms with Crippen LogP contribution in [0.5, 0.6) is 6.08 Å². The van der Waals surface area contributed by atoms with Crippen molar-refractivity contribution in [1.29, 1.82) is 0 Å². The van der Waals surface area contributed by atoms with Gasteiger partial charge in [0.05, 0.1) is 12.3 Å². The van der Waals surface area contributed by atoms with E-state index in [1.54, 1.807) is 6.26 Å². The van der Waals surface area contributed by atoms with Gasteiger partial charge in [-0.25, -0.2) is 0 Å². The van der Waals surface area contributed by atoms with Crippen LogP contribution in [-0.4, -0.2) is 18.1 Å².